The molecule has 1 aliphatic heterocycles. The van der Waals surface area contributed by atoms with Gasteiger partial charge in [-0.2, -0.15) is 0 Å². The van der Waals surface area contributed by atoms with Crippen LogP contribution in [0.2, 0.25) is 0 Å². The minimum absolute atomic E-state index is 0.0286. The first-order valence-corrected chi connectivity index (χ1v) is 11.0. The van der Waals surface area contributed by atoms with Crippen molar-refractivity contribution < 1.29 is 39.6 Å². The van der Waals surface area contributed by atoms with E-state index >= 15 is 0 Å². The minimum atomic E-state index is -1.65. The molecule has 188 valence electrons. The van der Waals surface area contributed by atoms with Gasteiger partial charge in [0.25, 0.3) is 0 Å². The average molecular weight is 481 g/mol. The van der Waals surface area contributed by atoms with Crippen LogP contribution in [0.15, 0.2) is 24.3 Å². The number of nitrogens with one attached hydrogen (secondary N) is 4. The highest BCUT2D eigenvalue weighted by Gasteiger charge is 2.34. The van der Waals surface area contributed by atoms with Crippen molar-refractivity contribution in [2.24, 2.45) is 0 Å². The SMILES string of the molecule is CC(O)C(NC(=O)C(NC(=O)C(Cc1ccc(O)cc1)NC(=O)C1CCCN1)C(C)O)C(=O)O. The van der Waals surface area contributed by atoms with Crippen LogP contribution in [0.25, 0.3) is 0 Å². The third-order valence-electron chi connectivity index (χ3n) is 5.49. The Bertz CT molecular complexity index is 868. The molecule has 1 saturated heterocycles. The maximum atomic E-state index is 13.1. The van der Waals surface area contributed by atoms with E-state index in [0.717, 1.165) is 6.42 Å². The summed E-state index contributed by atoms with van der Waals surface area (Å²) in [4.78, 5) is 49.6. The zero-order chi connectivity index (χ0) is 25.4. The number of hydrogen-bond donors (Lipinski definition) is 8. The van der Waals surface area contributed by atoms with Gasteiger partial charge in [0.05, 0.1) is 18.2 Å². The van der Waals surface area contributed by atoms with E-state index in [-0.39, 0.29) is 12.2 Å². The average Bonchev–Trinajstić information content (AvgIpc) is 3.31. The van der Waals surface area contributed by atoms with Crippen molar-refractivity contribution in [2.75, 3.05) is 6.54 Å². The molecule has 8 N–H and O–H groups in total. The van der Waals surface area contributed by atoms with Crippen LogP contribution in [0.1, 0.15) is 32.3 Å². The summed E-state index contributed by atoms with van der Waals surface area (Å²) in [6.07, 6.45) is -1.38. The van der Waals surface area contributed by atoms with Gasteiger partial charge >= 0.3 is 5.97 Å². The zero-order valence-corrected chi connectivity index (χ0v) is 19.0. The number of carboxylic acids is 1. The van der Waals surface area contributed by atoms with E-state index in [0.29, 0.717) is 18.5 Å². The predicted molar refractivity (Wildman–Crippen MR) is 120 cm³/mol. The van der Waals surface area contributed by atoms with Crippen molar-refractivity contribution in [2.45, 2.75) is 69.5 Å². The van der Waals surface area contributed by atoms with E-state index in [9.17, 15) is 39.6 Å². The Labute approximate surface area is 196 Å². The summed E-state index contributed by atoms with van der Waals surface area (Å²) >= 11 is 0. The molecule has 0 radical (unpaired) electrons. The van der Waals surface area contributed by atoms with Crippen molar-refractivity contribution in [3.05, 3.63) is 29.8 Å². The van der Waals surface area contributed by atoms with Crippen LogP contribution < -0.4 is 21.3 Å². The Morgan fingerprint density at radius 3 is 2.06 bits per heavy atom. The normalized spacial score (nSPS) is 19.8. The molecule has 3 amide bonds. The van der Waals surface area contributed by atoms with E-state index in [2.05, 4.69) is 21.3 Å². The molecule has 12 heteroatoms. The van der Waals surface area contributed by atoms with Gasteiger partial charge < -0.3 is 41.7 Å². The second-order valence-electron chi connectivity index (χ2n) is 8.37. The molecule has 1 aromatic rings. The van der Waals surface area contributed by atoms with Gasteiger partial charge in [-0.05, 0) is 50.9 Å². The van der Waals surface area contributed by atoms with Crippen molar-refractivity contribution >= 4 is 23.7 Å². The van der Waals surface area contributed by atoms with Crippen LogP contribution in [-0.2, 0) is 25.6 Å². The number of aliphatic hydroxyl groups is 2. The number of aliphatic carboxylic acids is 1. The van der Waals surface area contributed by atoms with Gasteiger partial charge in [-0.15, -0.1) is 0 Å². The topological polar surface area (TPSA) is 197 Å². The molecule has 1 aliphatic rings. The maximum Gasteiger partial charge on any atom is 0.328 e. The van der Waals surface area contributed by atoms with Crippen LogP contribution in [0.5, 0.6) is 5.75 Å². The number of phenolic OH excluding ortho intramolecular Hbond substituents is 1. The van der Waals surface area contributed by atoms with E-state index in [1.165, 1.54) is 26.0 Å². The summed E-state index contributed by atoms with van der Waals surface area (Å²) in [5, 5.41) is 48.5. The Morgan fingerprint density at radius 2 is 1.56 bits per heavy atom. The largest absolute Gasteiger partial charge is 0.508 e. The number of phenols is 1. The van der Waals surface area contributed by atoms with Gasteiger partial charge in [0, 0.05) is 6.42 Å². The minimum Gasteiger partial charge on any atom is -0.508 e. The van der Waals surface area contributed by atoms with E-state index in [1.54, 1.807) is 12.1 Å². The van der Waals surface area contributed by atoms with Crippen LogP contribution in [0.4, 0.5) is 0 Å². The molecule has 1 fully saturated rings. The van der Waals surface area contributed by atoms with Gasteiger partial charge in [-0.25, -0.2) is 4.79 Å². The monoisotopic (exact) mass is 480 g/mol. The zero-order valence-electron chi connectivity index (χ0n) is 19.0. The fraction of sp³-hybridized carbons (Fsp3) is 0.545. The lowest BCUT2D eigenvalue weighted by atomic mass is 10.0. The molecular weight excluding hydrogens is 448 g/mol. The molecule has 2 rings (SSSR count). The molecular formula is C22H32N4O8. The highest BCUT2D eigenvalue weighted by Crippen LogP contribution is 2.13. The Kier molecular flexibility index (Phi) is 9.78. The molecule has 6 atom stereocenters. The molecule has 0 spiro atoms. The van der Waals surface area contributed by atoms with E-state index < -0.39 is 60.1 Å². The fourth-order valence-electron chi connectivity index (χ4n) is 3.55. The van der Waals surface area contributed by atoms with Gasteiger partial charge in [0.1, 0.15) is 17.8 Å². The first kappa shape index (κ1) is 27.0. The third kappa shape index (κ3) is 7.68. The quantitative estimate of drug-likeness (QED) is 0.176. The first-order chi connectivity index (χ1) is 16.0. The third-order valence-corrected chi connectivity index (χ3v) is 5.49. The van der Waals surface area contributed by atoms with Crippen LogP contribution in [-0.4, -0.2) is 87.0 Å². The van der Waals surface area contributed by atoms with Gasteiger partial charge in [0.2, 0.25) is 17.7 Å². The number of rotatable bonds is 11. The summed E-state index contributed by atoms with van der Waals surface area (Å²) in [5.74, 6) is -3.64. The lowest BCUT2D eigenvalue weighted by Gasteiger charge is -2.27. The second kappa shape index (κ2) is 12.3. The maximum absolute atomic E-state index is 13.1. The molecule has 34 heavy (non-hydrogen) atoms. The molecule has 6 unspecified atom stereocenters. The second-order valence-corrected chi connectivity index (χ2v) is 8.37. The lowest BCUT2D eigenvalue weighted by Crippen LogP contribution is -2.61. The summed E-state index contributed by atoms with van der Waals surface area (Å²) < 4.78 is 0. The summed E-state index contributed by atoms with van der Waals surface area (Å²) in [5.41, 5.74) is 0.621. The van der Waals surface area contributed by atoms with Gasteiger partial charge in [-0.3, -0.25) is 14.4 Å². The highest BCUT2D eigenvalue weighted by molar-refractivity contribution is 5.94. The number of amides is 3. The Morgan fingerprint density at radius 1 is 0.971 bits per heavy atom. The van der Waals surface area contributed by atoms with E-state index in [1.807, 2.05) is 0 Å². The molecule has 0 aliphatic carbocycles. The van der Waals surface area contributed by atoms with Crippen molar-refractivity contribution in [3.8, 4) is 5.75 Å². The number of benzene rings is 1. The number of hydrogen-bond acceptors (Lipinski definition) is 8. The van der Waals surface area contributed by atoms with Crippen LogP contribution in [0, 0.1) is 0 Å². The molecule has 0 aromatic heterocycles. The lowest BCUT2D eigenvalue weighted by molar-refractivity contribution is -0.146. The Hall–Kier alpha value is -3.22. The number of carboxylic acid groups (broad SMARTS) is 1. The molecule has 0 saturated carbocycles. The van der Waals surface area contributed by atoms with E-state index in [4.69, 9.17) is 0 Å². The van der Waals surface area contributed by atoms with Gasteiger partial charge in [0.15, 0.2) is 6.04 Å². The van der Waals surface area contributed by atoms with Crippen molar-refractivity contribution in [3.63, 3.8) is 0 Å². The summed E-state index contributed by atoms with van der Waals surface area (Å²) in [7, 11) is 0. The predicted octanol–water partition coefficient (Wildman–Crippen LogP) is -2.01. The van der Waals surface area contributed by atoms with Crippen LogP contribution >= 0.6 is 0 Å². The summed E-state index contributed by atoms with van der Waals surface area (Å²) in [6.45, 7) is 3.08. The number of carbonyl (C=O) groups is 4. The first-order valence-electron chi connectivity index (χ1n) is 11.0. The number of aromatic hydroxyl groups is 1. The van der Waals surface area contributed by atoms with Gasteiger partial charge in [-0.1, -0.05) is 12.1 Å². The highest BCUT2D eigenvalue weighted by atomic mass is 16.4. The molecule has 0 bridgehead atoms. The Balaban J connectivity index is 2.18. The number of aliphatic hydroxyl groups excluding tert-OH is 2. The smallest absolute Gasteiger partial charge is 0.328 e. The van der Waals surface area contributed by atoms with Crippen LogP contribution in [0.3, 0.4) is 0 Å². The fourth-order valence-corrected chi connectivity index (χ4v) is 3.55. The van der Waals surface area contributed by atoms with Crippen molar-refractivity contribution in [1.82, 2.24) is 21.3 Å². The number of carbonyl (C=O) groups excluding carboxylic acids is 3. The van der Waals surface area contributed by atoms with Crippen molar-refractivity contribution in [1.29, 1.82) is 0 Å². The standard InChI is InChI=1S/C22H32N4O8/c1-11(27)17(21(32)26-18(12(2)28)22(33)34)25-20(31)16(10-13-5-7-14(29)8-6-13)24-19(30)15-4-3-9-23-15/h5-8,11-12,15-18,23,27-29H,3-4,9-10H2,1-2H3,(H,24,30)(H,25,31)(H,26,32)(H,33,34). The summed E-state index contributed by atoms with van der Waals surface area (Å²) in [6, 6.07) is 1.23. The molecule has 1 heterocycles. The molecule has 1 aromatic carbocycles. The molecule has 12 nitrogen and oxygen atoms in total.